The van der Waals surface area contributed by atoms with Gasteiger partial charge in [-0.3, -0.25) is 4.79 Å². The molecule has 0 unspecified atom stereocenters. The molecule has 0 fully saturated rings. The first kappa shape index (κ1) is 12.2. The normalized spacial score (nSPS) is 13.0. The van der Waals surface area contributed by atoms with E-state index in [2.05, 4.69) is 5.16 Å². The minimum Gasteiger partial charge on any atom is -0.485 e. The molecule has 102 valence electrons. The van der Waals surface area contributed by atoms with Crippen LogP contribution in [0.3, 0.4) is 0 Å². The van der Waals surface area contributed by atoms with Gasteiger partial charge in [-0.25, -0.2) is 4.79 Å². The SMILES string of the molecule is O=Cc1ccc(-c2cc(C(=O)O)no2)c2c1OCCO2. The second-order valence-corrected chi connectivity index (χ2v) is 4.06. The lowest BCUT2D eigenvalue weighted by molar-refractivity contribution is 0.0685. The number of rotatable bonds is 3. The molecule has 0 atom stereocenters. The van der Waals surface area contributed by atoms with Crippen LogP contribution in [-0.2, 0) is 0 Å². The highest BCUT2D eigenvalue weighted by Gasteiger charge is 2.23. The fourth-order valence-electron chi connectivity index (χ4n) is 1.95. The molecule has 7 nitrogen and oxygen atoms in total. The van der Waals surface area contributed by atoms with E-state index in [0.717, 1.165) is 0 Å². The van der Waals surface area contributed by atoms with E-state index in [-0.39, 0.29) is 11.5 Å². The number of hydrogen-bond donors (Lipinski definition) is 1. The first-order valence-corrected chi connectivity index (χ1v) is 5.79. The quantitative estimate of drug-likeness (QED) is 0.849. The number of benzene rings is 1. The van der Waals surface area contributed by atoms with Crippen LogP contribution in [0.15, 0.2) is 22.7 Å². The van der Waals surface area contributed by atoms with Gasteiger partial charge in [-0.2, -0.15) is 0 Å². The zero-order chi connectivity index (χ0) is 14.1. The Morgan fingerprint density at radius 3 is 2.65 bits per heavy atom. The smallest absolute Gasteiger partial charge is 0.358 e. The van der Waals surface area contributed by atoms with Crippen LogP contribution >= 0.6 is 0 Å². The first-order valence-electron chi connectivity index (χ1n) is 5.79. The van der Waals surface area contributed by atoms with E-state index in [9.17, 15) is 9.59 Å². The molecule has 0 radical (unpaired) electrons. The predicted octanol–water partition coefficient (Wildman–Crippen LogP) is 1.62. The molecule has 2 aromatic rings. The minimum atomic E-state index is -1.18. The summed E-state index contributed by atoms with van der Waals surface area (Å²) in [5.41, 5.74) is 0.650. The van der Waals surface area contributed by atoms with Gasteiger partial charge in [-0.05, 0) is 12.1 Å². The van der Waals surface area contributed by atoms with Crippen LogP contribution in [0.5, 0.6) is 11.5 Å². The summed E-state index contributed by atoms with van der Waals surface area (Å²) in [6.45, 7) is 0.677. The van der Waals surface area contributed by atoms with Crippen LogP contribution in [0.1, 0.15) is 20.8 Å². The summed E-state index contributed by atoms with van der Waals surface area (Å²) < 4.78 is 15.9. The third kappa shape index (κ3) is 1.89. The van der Waals surface area contributed by atoms with Crippen molar-refractivity contribution in [2.45, 2.75) is 0 Å². The number of nitrogens with zero attached hydrogens (tertiary/aromatic N) is 1. The Hall–Kier alpha value is -2.83. The van der Waals surface area contributed by atoms with Crippen molar-refractivity contribution in [3.63, 3.8) is 0 Å². The van der Waals surface area contributed by atoms with Crippen molar-refractivity contribution in [1.29, 1.82) is 0 Å². The standard InChI is InChI=1S/C13H9NO6/c15-6-7-1-2-8(12-11(7)18-3-4-19-12)10-5-9(13(16)17)14-20-10/h1-2,5-6H,3-4H2,(H,16,17). The Balaban J connectivity index is 2.13. The average molecular weight is 275 g/mol. The fraction of sp³-hybridized carbons (Fsp3) is 0.154. The monoisotopic (exact) mass is 275 g/mol. The maximum absolute atomic E-state index is 11.0. The Labute approximate surface area is 112 Å². The number of aldehydes is 1. The van der Waals surface area contributed by atoms with Crippen molar-refractivity contribution in [2.75, 3.05) is 13.2 Å². The summed E-state index contributed by atoms with van der Waals surface area (Å²) in [5.74, 6) is -0.261. The van der Waals surface area contributed by atoms with Crippen LogP contribution < -0.4 is 9.47 Å². The van der Waals surface area contributed by atoms with Crippen LogP contribution in [0.25, 0.3) is 11.3 Å². The van der Waals surface area contributed by atoms with Crippen LogP contribution in [0, 0.1) is 0 Å². The number of aromatic carboxylic acids is 1. The van der Waals surface area contributed by atoms with Gasteiger partial charge in [0.15, 0.2) is 29.2 Å². The molecule has 0 amide bonds. The van der Waals surface area contributed by atoms with Crippen molar-refractivity contribution >= 4 is 12.3 Å². The van der Waals surface area contributed by atoms with Gasteiger partial charge in [0.05, 0.1) is 11.1 Å². The molecule has 0 saturated carbocycles. The molecule has 7 heteroatoms. The van der Waals surface area contributed by atoms with Gasteiger partial charge >= 0.3 is 5.97 Å². The van der Waals surface area contributed by atoms with Gasteiger partial charge in [0, 0.05) is 6.07 Å². The maximum atomic E-state index is 11.0. The largest absolute Gasteiger partial charge is 0.485 e. The van der Waals surface area contributed by atoms with E-state index in [1.165, 1.54) is 6.07 Å². The van der Waals surface area contributed by atoms with Gasteiger partial charge in [0.25, 0.3) is 0 Å². The van der Waals surface area contributed by atoms with Gasteiger partial charge < -0.3 is 19.1 Å². The summed E-state index contributed by atoms with van der Waals surface area (Å²) >= 11 is 0. The first-order chi connectivity index (χ1) is 9.70. The van der Waals surface area contributed by atoms with Crippen LogP contribution in [0.2, 0.25) is 0 Å². The van der Waals surface area contributed by atoms with E-state index in [0.29, 0.717) is 42.1 Å². The Kier molecular flexibility index (Phi) is 2.86. The molecule has 1 aliphatic heterocycles. The second kappa shape index (κ2) is 4.69. The van der Waals surface area contributed by atoms with Gasteiger partial charge in [-0.1, -0.05) is 5.16 Å². The number of hydrogen-bond acceptors (Lipinski definition) is 6. The second-order valence-electron chi connectivity index (χ2n) is 4.06. The minimum absolute atomic E-state index is 0.204. The zero-order valence-electron chi connectivity index (χ0n) is 10.2. The van der Waals surface area contributed by atoms with Crippen molar-refractivity contribution < 1.29 is 28.7 Å². The van der Waals surface area contributed by atoms with Crippen molar-refractivity contribution in [3.8, 4) is 22.8 Å². The summed E-state index contributed by atoms with van der Waals surface area (Å²) in [4.78, 5) is 21.8. The van der Waals surface area contributed by atoms with Gasteiger partial charge in [0.1, 0.15) is 13.2 Å². The van der Waals surface area contributed by atoms with Crippen LogP contribution in [-0.4, -0.2) is 35.7 Å². The number of carbonyl (C=O) groups is 2. The molecule has 2 heterocycles. The Bertz CT molecular complexity index is 690. The van der Waals surface area contributed by atoms with Crippen LogP contribution in [0.4, 0.5) is 0 Å². The maximum Gasteiger partial charge on any atom is 0.358 e. The third-order valence-corrected chi connectivity index (χ3v) is 2.84. The Morgan fingerprint density at radius 2 is 2.00 bits per heavy atom. The van der Waals surface area contributed by atoms with Gasteiger partial charge in [0.2, 0.25) is 0 Å². The number of carboxylic acids is 1. The molecule has 0 aliphatic carbocycles. The molecular formula is C13H9NO6. The van der Waals surface area contributed by atoms with Crippen molar-refractivity contribution in [3.05, 3.63) is 29.5 Å². The van der Waals surface area contributed by atoms with E-state index in [1.807, 2.05) is 0 Å². The molecule has 1 N–H and O–H groups in total. The molecule has 0 spiro atoms. The molecule has 0 saturated heterocycles. The summed E-state index contributed by atoms with van der Waals surface area (Å²) in [6.07, 6.45) is 0.667. The van der Waals surface area contributed by atoms with E-state index < -0.39 is 5.97 Å². The summed E-state index contributed by atoms with van der Waals surface area (Å²) in [6, 6.07) is 4.44. The number of fused-ring (bicyclic) bond motifs is 1. The predicted molar refractivity (Wildman–Crippen MR) is 65.3 cm³/mol. The van der Waals surface area contributed by atoms with Crippen molar-refractivity contribution in [2.24, 2.45) is 0 Å². The molecule has 0 bridgehead atoms. The highest BCUT2D eigenvalue weighted by molar-refractivity contribution is 5.88. The molecule has 3 rings (SSSR count). The lowest BCUT2D eigenvalue weighted by atomic mass is 10.1. The zero-order valence-corrected chi connectivity index (χ0v) is 10.2. The molecule has 1 aliphatic rings. The van der Waals surface area contributed by atoms with E-state index in [1.54, 1.807) is 12.1 Å². The summed E-state index contributed by atoms with van der Waals surface area (Å²) in [5, 5.41) is 12.3. The average Bonchev–Trinajstić information content (AvgIpc) is 2.96. The lowest BCUT2D eigenvalue weighted by Crippen LogP contribution is -2.17. The molecular weight excluding hydrogens is 266 g/mol. The third-order valence-electron chi connectivity index (χ3n) is 2.84. The number of carbonyl (C=O) groups excluding carboxylic acids is 1. The number of carboxylic acid groups (broad SMARTS) is 1. The number of ether oxygens (including phenoxy) is 2. The van der Waals surface area contributed by atoms with E-state index in [4.69, 9.17) is 19.1 Å². The van der Waals surface area contributed by atoms with E-state index >= 15 is 0 Å². The topological polar surface area (TPSA) is 98.9 Å². The highest BCUT2D eigenvalue weighted by atomic mass is 16.6. The molecule has 20 heavy (non-hydrogen) atoms. The molecule has 1 aromatic carbocycles. The summed E-state index contributed by atoms with van der Waals surface area (Å²) in [7, 11) is 0. The lowest BCUT2D eigenvalue weighted by Gasteiger charge is -2.21. The molecule has 1 aromatic heterocycles. The Morgan fingerprint density at radius 1 is 1.25 bits per heavy atom. The van der Waals surface area contributed by atoms with Crippen molar-refractivity contribution in [1.82, 2.24) is 5.16 Å². The van der Waals surface area contributed by atoms with Gasteiger partial charge in [-0.15, -0.1) is 0 Å². The fourth-order valence-corrected chi connectivity index (χ4v) is 1.95. The highest BCUT2D eigenvalue weighted by Crippen LogP contribution is 2.42. The number of aromatic nitrogens is 1.